The van der Waals surface area contributed by atoms with Gasteiger partial charge in [-0.2, -0.15) is 0 Å². The third-order valence-corrected chi connectivity index (χ3v) is 4.57. The number of nitrogens with two attached hydrogens (primary N) is 1. The van der Waals surface area contributed by atoms with Crippen molar-refractivity contribution in [2.75, 3.05) is 24.7 Å². The molecule has 0 aliphatic rings. The Bertz CT molecular complexity index is 527. The molecule has 1 aromatic carbocycles. The summed E-state index contributed by atoms with van der Waals surface area (Å²) in [5, 5.41) is 9.21. The van der Waals surface area contributed by atoms with Crippen LogP contribution in [0.15, 0.2) is 24.3 Å². The van der Waals surface area contributed by atoms with Crippen LogP contribution in [0.25, 0.3) is 0 Å². The molecular weight excluding hydrogens is 280 g/mol. The number of rotatable bonds is 8. The van der Waals surface area contributed by atoms with Gasteiger partial charge in [-0.25, -0.2) is 13.1 Å². The summed E-state index contributed by atoms with van der Waals surface area (Å²) in [7, 11) is -3.52. The van der Waals surface area contributed by atoms with Crippen LogP contribution in [0.5, 0.6) is 5.75 Å². The lowest BCUT2D eigenvalue weighted by Gasteiger charge is -2.26. The topological polar surface area (TPSA) is 102 Å². The van der Waals surface area contributed by atoms with E-state index in [0.717, 1.165) is 0 Å². The third kappa shape index (κ3) is 4.99. The molecule has 6 nitrogen and oxygen atoms in total. The molecule has 0 radical (unpaired) electrons. The molecule has 0 fully saturated rings. The van der Waals surface area contributed by atoms with Gasteiger partial charge >= 0.3 is 0 Å². The molecule has 0 heterocycles. The van der Waals surface area contributed by atoms with Crippen molar-refractivity contribution in [3.8, 4) is 5.75 Å². The maximum absolute atomic E-state index is 11.9. The summed E-state index contributed by atoms with van der Waals surface area (Å²) in [5.74, 6) is 0.264. The largest absolute Gasteiger partial charge is 0.490 e. The van der Waals surface area contributed by atoms with Gasteiger partial charge in [0.05, 0.1) is 23.6 Å². The molecule has 7 heteroatoms. The number of ether oxygens (including phenoxy) is 1. The van der Waals surface area contributed by atoms with Gasteiger partial charge in [-0.05, 0) is 25.5 Å². The zero-order valence-corrected chi connectivity index (χ0v) is 12.6. The van der Waals surface area contributed by atoms with Crippen molar-refractivity contribution in [1.29, 1.82) is 0 Å². The van der Waals surface area contributed by atoms with Crippen LogP contribution in [-0.2, 0) is 10.0 Å². The number of hydrogen-bond donors (Lipinski definition) is 3. The van der Waals surface area contributed by atoms with Gasteiger partial charge in [-0.1, -0.05) is 19.1 Å². The molecule has 0 saturated carbocycles. The molecule has 1 unspecified atom stereocenters. The lowest BCUT2D eigenvalue weighted by atomic mass is 10.0. The molecule has 0 aliphatic carbocycles. The summed E-state index contributed by atoms with van der Waals surface area (Å²) in [6.07, 6.45) is 0.495. The smallest absolute Gasteiger partial charge is 0.215 e. The number of benzene rings is 1. The molecule has 1 aromatic rings. The molecule has 114 valence electrons. The third-order valence-electron chi connectivity index (χ3n) is 3.06. The van der Waals surface area contributed by atoms with Gasteiger partial charge in [0, 0.05) is 0 Å². The van der Waals surface area contributed by atoms with Gasteiger partial charge < -0.3 is 15.6 Å². The van der Waals surface area contributed by atoms with E-state index in [1.807, 2.05) is 0 Å². The molecule has 0 bridgehead atoms. The lowest BCUT2D eigenvalue weighted by Crippen LogP contribution is -2.49. The van der Waals surface area contributed by atoms with E-state index >= 15 is 0 Å². The highest BCUT2D eigenvalue weighted by atomic mass is 32.2. The zero-order valence-electron chi connectivity index (χ0n) is 11.8. The van der Waals surface area contributed by atoms with E-state index in [1.54, 1.807) is 38.1 Å². The van der Waals surface area contributed by atoms with Gasteiger partial charge in [0.25, 0.3) is 0 Å². The fourth-order valence-electron chi connectivity index (χ4n) is 1.52. The van der Waals surface area contributed by atoms with Crippen LogP contribution in [0.2, 0.25) is 0 Å². The van der Waals surface area contributed by atoms with Crippen LogP contribution < -0.4 is 15.2 Å². The van der Waals surface area contributed by atoms with Gasteiger partial charge in [0.15, 0.2) is 0 Å². The first kappa shape index (κ1) is 16.7. The Hall–Kier alpha value is -1.31. The predicted octanol–water partition coefficient (Wildman–Crippen LogP) is 0.728. The van der Waals surface area contributed by atoms with Crippen molar-refractivity contribution in [1.82, 2.24) is 4.72 Å². The van der Waals surface area contributed by atoms with E-state index in [-0.39, 0.29) is 19.0 Å². The molecule has 0 amide bonds. The predicted molar refractivity (Wildman–Crippen MR) is 79.1 cm³/mol. The minimum absolute atomic E-state index is 0.00519. The molecular formula is C13H22N2O4S. The quantitative estimate of drug-likeness (QED) is 0.614. The fourth-order valence-corrected chi connectivity index (χ4v) is 2.88. The highest BCUT2D eigenvalue weighted by Crippen LogP contribution is 2.19. The van der Waals surface area contributed by atoms with Crippen molar-refractivity contribution in [3.05, 3.63) is 24.3 Å². The van der Waals surface area contributed by atoms with Crippen LogP contribution in [0.4, 0.5) is 5.69 Å². The van der Waals surface area contributed by atoms with E-state index in [4.69, 9.17) is 10.5 Å². The molecule has 0 spiro atoms. The van der Waals surface area contributed by atoms with Crippen molar-refractivity contribution in [2.24, 2.45) is 0 Å². The average Bonchev–Trinajstić information content (AvgIpc) is 2.40. The summed E-state index contributed by atoms with van der Waals surface area (Å²) in [5.41, 5.74) is 5.31. The first-order valence-electron chi connectivity index (χ1n) is 6.42. The van der Waals surface area contributed by atoms with E-state index in [0.29, 0.717) is 17.9 Å². The Kier molecular flexibility index (Phi) is 5.79. The summed E-state index contributed by atoms with van der Waals surface area (Å²) >= 11 is 0. The number of aliphatic hydroxyl groups is 1. The number of nitrogens with one attached hydrogen (secondary N) is 1. The molecule has 1 atom stereocenters. The van der Waals surface area contributed by atoms with Crippen molar-refractivity contribution >= 4 is 15.7 Å². The molecule has 0 aliphatic heterocycles. The summed E-state index contributed by atoms with van der Waals surface area (Å²) in [6.45, 7) is 3.20. The van der Waals surface area contributed by atoms with Crippen molar-refractivity contribution < 1.29 is 18.3 Å². The number of anilines is 1. The minimum atomic E-state index is -3.52. The molecule has 20 heavy (non-hydrogen) atoms. The zero-order chi connectivity index (χ0) is 15.2. The molecule has 4 N–H and O–H groups in total. The summed E-state index contributed by atoms with van der Waals surface area (Å²) in [6, 6.07) is 6.90. The van der Waals surface area contributed by atoms with Crippen LogP contribution in [0.1, 0.15) is 20.3 Å². The first-order chi connectivity index (χ1) is 9.32. The van der Waals surface area contributed by atoms with E-state index in [9.17, 15) is 13.5 Å². The average molecular weight is 302 g/mol. The van der Waals surface area contributed by atoms with Crippen molar-refractivity contribution in [3.63, 3.8) is 0 Å². The highest BCUT2D eigenvalue weighted by molar-refractivity contribution is 7.89. The number of para-hydroxylation sites is 2. The van der Waals surface area contributed by atoms with Gasteiger partial charge in [0.2, 0.25) is 10.0 Å². The number of nitrogen functional groups attached to an aromatic ring is 1. The number of sulfonamides is 1. The highest BCUT2D eigenvalue weighted by Gasteiger charge is 2.27. The Morgan fingerprint density at radius 1 is 1.40 bits per heavy atom. The van der Waals surface area contributed by atoms with Crippen LogP contribution >= 0.6 is 0 Å². The second-order valence-corrected chi connectivity index (χ2v) is 6.72. The standard InChI is InChI=1S/C13H22N2O4S/c1-3-13(2,10-16)15-20(17,18)9-8-19-12-7-5-4-6-11(12)14/h4-7,15-16H,3,8-10,14H2,1-2H3. The number of hydrogen-bond acceptors (Lipinski definition) is 5. The number of aliphatic hydroxyl groups excluding tert-OH is 1. The molecule has 0 saturated heterocycles. The SMILES string of the molecule is CCC(C)(CO)NS(=O)(=O)CCOc1ccccc1N. The lowest BCUT2D eigenvalue weighted by molar-refractivity contribution is 0.190. The second-order valence-electron chi connectivity index (χ2n) is 4.88. The van der Waals surface area contributed by atoms with E-state index in [1.165, 1.54) is 0 Å². The monoisotopic (exact) mass is 302 g/mol. The van der Waals surface area contributed by atoms with E-state index < -0.39 is 15.6 Å². The van der Waals surface area contributed by atoms with Gasteiger partial charge in [-0.15, -0.1) is 0 Å². The Morgan fingerprint density at radius 3 is 2.60 bits per heavy atom. The van der Waals surface area contributed by atoms with Crippen LogP contribution in [0, 0.1) is 0 Å². The van der Waals surface area contributed by atoms with Crippen LogP contribution in [0.3, 0.4) is 0 Å². The Balaban J connectivity index is 2.54. The maximum Gasteiger partial charge on any atom is 0.215 e. The van der Waals surface area contributed by atoms with E-state index in [2.05, 4.69) is 4.72 Å². The van der Waals surface area contributed by atoms with Crippen LogP contribution in [-0.4, -0.2) is 38.0 Å². The van der Waals surface area contributed by atoms with Gasteiger partial charge in [0.1, 0.15) is 12.4 Å². The van der Waals surface area contributed by atoms with Crippen molar-refractivity contribution in [2.45, 2.75) is 25.8 Å². The Labute approximate surface area is 120 Å². The van der Waals surface area contributed by atoms with Gasteiger partial charge in [-0.3, -0.25) is 0 Å². The Morgan fingerprint density at radius 2 is 2.05 bits per heavy atom. The normalized spacial score (nSPS) is 14.8. The summed E-state index contributed by atoms with van der Waals surface area (Å²) in [4.78, 5) is 0. The first-order valence-corrected chi connectivity index (χ1v) is 8.07. The maximum atomic E-state index is 11.9. The second kappa shape index (κ2) is 6.92. The minimum Gasteiger partial charge on any atom is -0.490 e. The molecule has 1 rings (SSSR count). The molecule has 0 aromatic heterocycles. The fraction of sp³-hybridized carbons (Fsp3) is 0.538. The summed E-state index contributed by atoms with van der Waals surface area (Å²) < 4.78 is 31.6.